The molecule has 0 heterocycles. The van der Waals surface area contributed by atoms with E-state index >= 15 is 0 Å². The number of isocyanates is 2. The maximum Gasteiger partial charge on any atom is 0.238 e. The normalized spacial score (nSPS) is 11.1. The largest absolute Gasteiger partial charge is 0.394 e. The monoisotopic (exact) mass is 326 g/mol. The molecule has 6 heteroatoms. The smallest absolute Gasteiger partial charge is 0.238 e. The molecule has 0 bridgehead atoms. The molecular weight excluding hydrogens is 308 g/mol. The number of aliphatic hydroxyl groups is 2. The number of rotatable bonds is 5. The van der Waals surface area contributed by atoms with Gasteiger partial charge in [-0.3, -0.25) is 0 Å². The number of hydrogen-bond acceptors (Lipinski definition) is 6. The van der Waals surface area contributed by atoms with Gasteiger partial charge < -0.3 is 10.2 Å². The highest BCUT2D eigenvalue weighted by molar-refractivity contribution is 5.49. The lowest BCUT2D eigenvalue weighted by molar-refractivity contribution is 0.110. The van der Waals surface area contributed by atoms with Crippen LogP contribution in [0.5, 0.6) is 0 Å². The molecule has 124 valence electrons. The minimum atomic E-state index is -1.41. The van der Waals surface area contributed by atoms with E-state index in [9.17, 15) is 9.59 Å². The summed E-state index contributed by atoms with van der Waals surface area (Å²) in [6, 6.07) is 17.8. The van der Waals surface area contributed by atoms with Crippen LogP contribution in [-0.2, 0) is 15.3 Å². The number of aliphatic hydroxyl groups excluding tert-OH is 2. The van der Waals surface area contributed by atoms with E-state index in [0.29, 0.717) is 11.1 Å². The Hall–Kier alpha value is -2.88. The second-order valence-electron chi connectivity index (χ2n) is 4.84. The van der Waals surface area contributed by atoms with Crippen molar-refractivity contribution < 1.29 is 19.8 Å². The molecule has 0 aliphatic rings. The van der Waals surface area contributed by atoms with Gasteiger partial charge in [-0.05, 0) is 6.92 Å². The van der Waals surface area contributed by atoms with Crippen LogP contribution in [0, 0.1) is 0 Å². The molecular formula is C18H18N2O4. The average molecular weight is 326 g/mol. The van der Waals surface area contributed by atoms with Gasteiger partial charge in [0.15, 0.2) is 0 Å². The van der Waals surface area contributed by atoms with Gasteiger partial charge in [0.25, 0.3) is 0 Å². The summed E-state index contributed by atoms with van der Waals surface area (Å²) in [4.78, 5) is 29.0. The van der Waals surface area contributed by atoms with E-state index < -0.39 is 11.8 Å². The molecule has 0 fully saturated rings. The van der Waals surface area contributed by atoms with E-state index in [0.717, 1.165) is 0 Å². The van der Waals surface area contributed by atoms with Crippen molar-refractivity contribution in [1.82, 2.24) is 0 Å². The molecule has 1 atom stereocenters. The highest BCUT2D eigenvalue weighted by atomic mass is 16.3. The maximum absolute atomic E-state index is 10.8. The van der Waals surface area contributed by atoms with Crippen molar-refractivity contribution in [2.24, 2.45) is 9.98 Å². The summed E-state index contributed by atoms with van der Waals surface area (Å²) in [7, 11) is 0. The zero-order chi connectivity index (χ0) is 17.8. The first-order chi connectivity index (χ1) is 11.6. The van der Waals surface area contributed by atoms with Gasteiger partial charge in [0.05, 0.1) is 12.7 Å². The third kappa shape index (κ3) is 5.09. The van der Waals surface area contributed by atoms with Gasteiger partial charge in [-0.2, -0.15) is 9.98 Å². The van der Waals surface area contributed by atoms with Crippen LogP contribution in [0.2, 0.25) is 0 Å². The van der Waals surface area contributed by atoms with Crippen molar-refractivity contribution in [3.05, 3.63) is 71.8 Å². The lowest BCUT2D eigenvalue weighted by atomic mass is 9.92. The van der Waals surface area contributed by atoms with E-state index in [-0.39, 0.29) is 6.61 Å². The molecule has 0 aliphatic carbocycles. The SMILES string of the molecule is CC(O)CO.O=C=NC(N=C=O)(c1ccccc1)c1ccccc1. The Balaban J connectivity index is 0.000000505. The fraction of sp³-hybridized carbons (Fsp3) is 0.222. The molecule has 2 rings (SSSR count). The lowest BCUT2D eigenvalue weighted by Crippen LogP contribution is -2.22. The molecule has 2 aromatic carbocycles. The lowest BCUT2D eigenvalue weighted by Gasteiger charge is -2.22. The first-order valence-corrected chi connectivity index (χ1v) is 7.18. The number of benzene rings is 2. The van der Waals surface area contributed by atoms with Crippen molar-refractivity contribution in [3.8, 4) is 0 Å². The third-order valence-corrected chi connectivity index (χ3v) is 3.03. The van der Waals surface area contributed by atoms with E-state index in [1.165, 1.54) is 19.1 Å². The van der Waals surface area contributed by atoms with Crippen molar-refractivity contribution in [2.45, 2.75) is 18.7 Å². The zero-order valence-corrected chi connectivity index (χ0v) is 13.2. The molecule has 24 heavy (non-hydrogen) atoms. The summed E-state index contributed by atoms with van der Waals surface area (Å²) in [5, 5.41) is 16.0. The molecule has 0 aromatic heterocycles. The molecule has 0 aliphatic heterocycles. The number of hydrogen-bond donors (Lipinski definition) is 2. The maximum atomic E-state index is 10.8. The van der Waals surface area contributed by atoms with Crippen LogP contribution in [0.3, 0.4) is 0 Å². The van der Waals surface area contributed by atoms with E-state index in [1.807, 2.05) is 12.1 Å². The van der Waals surface area contributed by atoms with Gasteiger partial charge in [-0.1, -0.05) is 60.7 Å². The Morgan fingerprint density at radius 3 is 1.50 bits per heavy atom. The average Bonchev–Trinajstić information content (AvgIpc) is 2.63. The van der Waals surface area contributed by atoms with E-state index in [1.54, 1.807) is 48.5 Å². The summed E-state index contributed by atoms with van der Waals surface area (Å²) >= 11 is 0. The molecule has 0 saturated carbocycles. The van der Waals surface area contributed by atoms with Crippen LogP contribution in [0.4, 0.5) is 0 Å². The molecule has 6 nitrogen and oxygen atoms in total. The Labute approximate surface area is 139 Å². The predicted octanol–water partition coefficient (Wildman–Crippen LogP) is 1.92. The summed E-state index contributed by atoms with van der Waals surface area (Å²) in [6.45, 7) is 1.39. The standard InChI is InChI=1S/C15H10N2O2.C3H8O2/c18-11-16-15(17-12-19,13-7-3-1-4-8-13)14-9-5-2-6-10-14;1-3(5)2-4/h1-10H;3-5H,2H2,1H3. The quantitative estimate of drug-likeness (QED) is 0.647. The van der Waals surface area contributed by atoms with Crippen LogP contribution in [0.15, 0.2) is 70.6 Å². The van der Waals surface area contributed by atoms with Gasteiger partial charge in [0, 0.05) is 11.1 Å². The fourth-order valence-electron chi connectivity index (χ4n) is 1.92. The van der Waals surface area contributed by atoms with Gasteiger partial charge in [0.2, 0.25) is 17.8 Å². The molecule has 0 saturated heterocycles. The summed E-state index contributed by atoms with van der Waals surface area (Å²) in [5.41, 5.74) is -0.202. The van der Waals surface area contributed by atoms with Crippen LogP contribution in [0.25, 0.3) is 0 Å². The molecule has 0 radical (unpaired) electrons. The highest BCUT2D eigenvalue weighted by Gasteiger charge is 2.33. The molecule has 0 spiro atoms. The predicted molar refractivity (Wildman–Crippen MR) is 88.7 cm³/mol. The second-order valence-corrected chi connectivity index (χ2v) is 4.84. The van der Waals surface area contributed by atoms with Gasteiger partial charge in [0.1, 0.15) is 0 Å². The first kappa shape index (κ1) is 19.2. The van der Waals surface area contributed by atoms with Crippen molar-refractivity contribution in [3.63, 3.8) is 0 Å². The van der Waals surface area contributed by atoms with Gasteiger partial charge in [-0.25, -0.2) is 9.59 Å². The molecule has 2 aromatic rings. The molecule has 2 N–H and O–H groups in total. The van der Waals surface area contributed by atoms with Gasteiger partial charge in [-0.15, -0.1) is 0 Å². The van der Waals surface area contributed by atoms with Crippen LogP contribution < -0.4 is 0 Å². The number of aliphatic imine (C=N–C) groups is 2. The first-order valence-electron chi connectivity index (χ1n) is 7.18. The second kappa shape index (κ2) is 10.0. The van der Waals surface area contributed by atoms with Crippen molar-refractivity contribution in [2.75, 3.05) is 6.61 Å². The number of nitrogens with zero attached hydrogens (tertiary/aromatic N) is 2. The van der Waals surface area contributed by atoms with Crippen LogP contribution in [-0.4, -0.2) is 35.1 Å². The van der Waals surface area contributed by atoms with E-state index in [4.69, 9.17) is 10.2 Å². The summed E-state index contributed by atoms with van der Waals surface area (Å²) in [6.07, 6.45) is 2.43. The minimum Gasteiger partial charge on any atom is -0.394 e. The number of carbonyl (C=O) groups excluding carboxylic acids is 2. The Morgan fingerprint density at radius 2 is 1.25 bits per heavy atom. The highest BCUT2D eigenvalue weighted by Crippen LogP contribution is 2.34. The summed E-state index contributed by atoms with van der Waals surface area (Å²) in [5.74, 6) is 0. The van der Waals surface area contributed by atoms with Crippen LogP contribution in [0.1, 0.15) is 18.1 Å². The molecule has 0 amide bonds. The molecule has 1 unspecified atom stereocenters. The van der Waals surface area contributed by atoms with Crippen LogP contribution >= 0.6 is 0 Å². The fourth-order valence-corrected chi connectivity index (χ4v) is 1.92. The van der Waals surface area contributed by atoms with Crippen molar-refractivity contribution >= 4 is 12.2 Å². The van der Waals surface area contributed by atoms with Gasteiger partial charge >= 0.3 is 0 Å². The zero-order valence-electron chi connectivity index (χ0n) is 13.2. The minimum absolute atomic E-state index is 0.139. The summed E-state index contributed by atoms with van der Waals surface area (Å²) < 4.78 is 0. The van der Waals surface area contributed by atoms with E-state index in [2.05, 4.69) is 9.98 Å². The third-order valence-electron chi connectivity index (χ3n) is 3.03. The van der Waals surface area contributed by atoms with Crippen molar-refractivity contribution in [1.29, 1.82) is 0 Å². The Kier molecular flexibility index (Phi) is 7.99. The topological polar surface area (TPSA) is 99.3 Å². The Morgan fingerprint density at radius 1 is 0.917 bits per heavy atom. The Bertz CT molecular complexity index is 645.